The van der Waals surface area contributed by atoms with E-state index in [-0.39, 0.29) is 5.56 Å². The third-order valence-electron chi connectivity index (χ3n) is 2.71. The van der Waals surface area contributed by atoms with E-state index in [4.69, 9.17) is 9.84 Å². The molecular weight excluding hydrogens is 242 g/mol. The summed E-state index contributed by atoms with van der Waals surface area (Å²) >= 11 is 0. The minimum absolute atomic E-state index is 0.271. The van der Waals surface area contributed by atoms with E-state index in [1.807, 2.05) is 30.6 Å². The molecule has 0 spiro atoms. The molecule has 0 radical (unpaired) electrons. The highest BCUT2D eigenvalue weighted by molar-refractivity contribution is 5.87. The van der Waals surface area contributed by atoms with Crippen LogP contribution < -0.4 is 9.30 Å². The Morgan fingerprint density at radius 2 is 1.79 bits per heavy atom. The topological polar surface area (TPSA) is 50.4 Å². The third-order valence-corrected chi connectivity index (χ3v) is 2.71. The summed E-state index contributed by atoms with van der Waals surface area (Å²) in [5.41, 5.74) is 0.271. The van der Waals surface area contributed by atoms with Crippen molar-refractivity contribution in [1.29, 1.82) is 0 Å². The molecule has 1 aromatic carbocycles. The maximum Gasteiger partial charge on any atom is 0.335 e. The lowest BCUT2D eigenvalue weighted by Crippen LogP contribution is -2.33. The van der Waals surface area contributed by atoms with Crippen LogP contribution in [0.2, 0.25) is 0 Å². The highest BCUT2D eigenvalue weighted by atomic mass is 16.5. The average molecular weight is 258 g/mol. The number of benzene rings is 1. The van der Waals surface area contributed by atoms with Crippen molar-refractivity contribution in [3.8, 4) is 5.75 Å². The van der Waals surface area contributed by atoms with E-state index < -0.39 is 5.97 Å². The third kappa shape index (κ3) is 4.10. The molecule has 0 aliphatic carbocycles. The zero-order valence-electron chi connectivity index (χ0n) is 10.5. The molecule has 4 nitrogen and oxygen atoms in total. The van der Waals surface area contributed by atoms with Crippen molar-refractivity contribution >= 4 is 5.97 Å². The maximum atomic E-state index is 10.7. The highest BCUT2D eigenvalue weighted by Crippen LogP contribution is 2.12. The number of rotatable bonds is 6. The summed E-state index contributed by atoms with van der Waals surface area (Å²) in [6.45, 7) is 1.50. The van der Waals surface area contributed by atoms with E-state index in [1.54, 1.807) is 24.3 Å². The van der Waals surface area contributed by atoms with Crippen molar-refractivity contribution < 1.29 is 19.2 Å². The van der Waals surface area contributed by atoms with Crippen LogP contribution in [0.15, 0.2) is 54.9 Å². The second kappa shape index (κ2) is 6.54. The number of ether oxygens (including phenoxy) is 1. The largest absolute Gasteiger partial charge is 0.493 e. The first kappa shape index (κ1) is 13.1. The van der Waals surface area contributed by atoms with Crippen LogP contribution >= 0.6 is 0 Å². The van der Waals surface area contributed by atoms with Gasteiger partial charge in [-0.15, -0.1) is 0 Å². The number of aromatic carboxylic acids is 1. The molecule has 4 heteroatoms. The Morgan fingerprint density at radius 3 is 2.42 bits per heavy atom. The minimum Gasteiger partial charge on any atom is -0.493 e. The molecule has 0 aliphatic heterocycles. The van der Waals surface area contributed by atoms with Crippen LogP contribution in [0, 0.1) is 0 Å². The summed E-state index contributed by atoms with van der Waals surface area (Å²) in [4.78, 5) is 10.7. The molecular formula is C15H16NO3+. The van der Waals surface area contributed by atoms with Crippen molar-refractivity contribution in [1.82, 2.24) is 0 Å². The lowest BCUT2D eigenvalue weighted by Gasteiger charge is -2.05. The van der Waals surface area contributed by atoms with Gasteiger partial charge >= 0.3 is 5.97 Å². The summed E-state index contributed by atoms with van der Waals surface area (Å²) in [5, 5.41) is 8.77. The monoisotopic (exact) mass is 258 g/mol. The minimum atomic E-state index is -0.924. The molecule has 98 valence electrons. The van der Waals surface area contributed by atoms with Crippen LogP contribution in [-0.2, 0) is 6.54 Å². The van der Waals surface area contributed by atoms with E-state index in [9.17, 15) is 4.79 Å². The lowest BCUT2D eigenvalue weighted by molar-refractivity contribution is -0.697. The van der Waals surface area contributed by atoms with Gasteiger partial charge in [-0.2, -0.15) is 0 Å². The fourth-order valence-electron chi connectivity index (χ4n) is 1.71. The first-order chi connectivity index (χ1) is 9.25. The Balaban J connectivity index is 1.75. The zero-order chi connectivity index (χ0) is 13.5. The Bertz CT molecular complexity index is 523. The standard InChI is InChI=1S/C15H15NO3/c17-15(18)13-5-7-14(8-6-13)19-12-4-11-16-9-2-1-3-10-16/h1-3,5-10H,4,11-12H2/p+1. The predicted octanol–water partition coefficient (Wildman–Crippen LogP) is 2.14. The molecule has 19 heavy (non-hydrogen) atoms. The molecule has 0 amide bonds. The number of carbonyl (C=O) groups is 1. The van der Waals surface area contributed by atoms with Gasteiger partial charge in [0.2, 0.25) is 0 Å². The van der Waals surface area contributed by atoms with Gasteiger partial charge in [0, 0.05) is 18.6 Å². The SMILES string of the molecule is O=C(O)c1ccc(OCCC[n+]2ccccc2)cc1. The molecule has 0 bridgehead atoms. The van der Waals surface area contributed by atoms with Crippen LogP contribution in [0.3, 0.4) is 0 Å². The quantitative estimate of drug-likeness (QED) is 0.638. The van der Waals surface area contributed by atoms with Gasteiger partial charge in [0.1, 0.15) is 5.75 Å². The molecule has 2 rings (SSSR count). The number of aromatic nitrogens is 1. The molecule has 0 unspecified atom stereocenters. The first-order valence-electron chi connectivity index (χ1n) is 6.16. The number of carboxylic acids is 1. The van der Waals surface area contributed by atoms with Gasteiger partial charge in [-0.3, -0.25) is 0 Å². The second-order valence-electron chi connectivity index (χ2n) is 4.14. The van der Waals surface area contributed by atoms with E-state index in [0.717, 1.165) is 13.0 Å². The maximum absolute atomic E-state index is 10.7. The van der Waals surface area contributed by atoms with Crippen molar-refractivity contribution in [2.45, 2.75) is 13.0 Å². The van der Waals surface area contributed by atoms with E-state index in [2.05, 4.69) is 4.57 Å². The molecule has 0 saturated carbocycles. The molecule has 1 N–H and O–H groups in total. The van der Waals surface area contributed by atoms with E-state index in [0.29, 0.717) is 12.4 Å². The zero-order valence-corrected chi connectivity index (χ0v) is 10.5. The average Bonchev–Trinajstić information content (AvgIpc) is 2.45. The van der Waals surface area contributed by atoms with Gasteiger partial charge in [-0.1, -0.05) is 6.07 Å². The number of aryl methyl sites for hydroxylation is 1. The molecule has 1 heterocycles. The van der Waals surface area contributed by atoms with Crippen LogP contribution in [-0.4, -0.2) is 17.7 Å². The van der Waals surface area contributed by atoms with Crippen LogP contribution in [0.25, 0.3) is 0 Å². The Kier molecular flexibility index (Phi) is 4.50. The number of hydrogen-bond acceptors (Lipinski definition) is 2. The van der Waals surface area contributed by atoms with Gasteiger partial charge in [0.25, 0.3) is 0 Å². The lowest BCUT2D eigenvalue weighted by atomic mass is 10.2. The van der Waals surface area contributed by atoms with Gasteiger partial charge in [-0.25, -0.2) is 9.36 Å². The fourth-order valence-corrected chi connectivity index (χ4v) is 1.71. The molecule has 0 aliphatic rings. The van der Waals surface area contributed by atoms with Gasteiger partial charge in [-0.05, 0) is 24.3 Å². The van der Waals surface area contributed by atoms with Crippen molar-refractivity contribution in [3.05, 3.63) is 60.4 Å². The fraction of sp³-hybridized carbons (Fsp3) is 0.200. The summed E-state index contributed by atoms with van der Waals surface area (Å²) in [5.74, 6) is -0.227. The Hall–Kier alpha value is -2.36. The van der Waals surface area contributed by atoms with Gasteiger partial charge < -0.3 is 9.84 Å². The smallest absolute Gasteiger partial charge is 0.335 e. The van der Waals surface area contributed by atoms with E-state index in [1.165, 1.54) is 0 Å². The van der Waals surface area contributed by atoms with Crippen molar-refractivity contribution in [2.24, 2.45) is 0 Å². The van der Waals surface area contributed by atoms with Crippen molar-refractivity contribution in [2.75, 3.05) is 6.61 Å². The van der Waals surface area contributed by atoms with E-state index >= 15 is 0 Å². The predicted molar refractivity (Wildman–Crippen MR) is 70.2 cm³/mol. The molecule has 0 atom stereocenters. The van der Waals surface area contributed by atoms with Gasteiger partial charge in [0.05, 0.1) is 12.2 Å². The summed E-state index contributed by atoms with van der Waals surface area (Å²) in [6.07, 6.45) is 4.93. The number of carboxylic acid groups (broad SMARTS) is 1. The number of hydrogen-bond donors (Lipinski definition) is 1. The summed E-state index contributed by atoms with van der Waals surface area (Å²) < 4.78 is 7.65. The van der Waals surface area contributed by atoms with Crippen LogP contribution in [0.5, 0.6) is 5.75 Å². The molecule has 0 saturated heterocycles. The molecule has 2 aromatic rings. The van der Waals surface area contributed by atoms with Crippen LogP contribution in [0.4, 0.5) is 0 Å². The summed E-state index contributed by atoms with van der Waals surface area (Å²) in [7, 11) is 0. The Morgan fingerprint density at radius 1 is 1.11 bits per heavy atom. The second-order valence-corrected chi connectivity index (χ2v) is 4.14. The van der Waals surface area contributed by atoms with Crippen molar-refractivity contribution in [3.63, 3.8) is 0 Å². The molecule has 0 fully saturated rings. The van der Waals surface area contributed by atoms with Gasteiger partial charge in [0.15, 0.2) is 18.9 Å². The van der Waals surface area contributed by atoms with Crippen LogP contribution in [0.1, 0.15) is 16.8 Å². The normalized spacial score (nSPS) is 10.1. The molecule has 1 aromatic heterocycles. The summed E-state index contributed by atoms with van der Waals surface area (Å²) in [6, 6.07) is 12.4. The highest BCUT2D eigenvalue weighted by Gasteiger charge is 2.02. The number of pyridine rings is 1. The Labute approximate surface area is 111 Å². The number of nitrogens with zero attached hydrogens (tertiary/aromatic N) is 1. The first-order valence-corrected chi connectivity index (χ1v) is 6.16.